The van der Waals surface area contributed by atoms with Crippen molar-refractivity contribution in [3.63, 3.8) is 0 Å². The van der Waals surface area contributed by atoms with E-state index in [1.165, 1.54) is 62.7 Å². The van der Waals surface area contributed by atoms with Gasteiger partial charge < -0.3 is 10.6 Å². The third-order valence-corrected chi connectivity index (χ3v) is 5.07. The van der Waals surface area contributed by atoms with Crippen LogP contribution in [-0.4, -0.2) is 37.5 Å². The smallest absolute Gasteiger partial charge is 0.191 e. The minimum absolute atomic E-state index is 0.828. The zero-order valence-corrected chi connectivity index (χ0v) is 15.1. The van der Waals surface area contributed by atoms with E-state index >= 15 is 0 Å². The monoisotopic (exact) mass is 328 g/mol. The molecule has 0 spiro atoms. The van der Waals surface area contributed by atoms with Crippen molar-refractivity contribution < 1.29 is 0 Å². The van der Waals surface area contributed by atoms with Gasteiger partial charge in [-0.1, -0.05) is 37.1 Å². The lowest BCUT2D eigenvalue weighted by atomic mass is 10.1. The SMILES string of the molecule is CN=C(NCc1ccc(CN2CCCCCC2)cc1)NCC1CC1. The molecule has 0 aromatic heterocycles. The van der Waals surface area contributed by atoms with Gasteiger partial charge in [-0.25, -0.2) is 0 Å². The van der Waals surface area contributed by atoms with Gasteiger partial charge in [-0.3, -0.25) is 9.89 Å². The molecular weight excluding hydrogens is 296 g/mol. The number of guanidine groups is 1. The van der Waals surface area contributed by atoms with Gasteiger partial charge in [0.2, 0.25) is 0 Å². The summed E-state index contributed by atoms with van der Waals surface area (Å²) in [6.07, 6.45) is 8.24. The van der Waals surface area contributed by atoms with E-state index in [1.54, 1.807) is 0 Å². The maximum atomic E-state index is 4.29. The van der Waals surface area contributed by atoms with Gasteiger partial charge in [0.15, 0.2) is 5.96 Å². The third kappa shape index (κ3) is 5.82. The molecule has 2 fully saturated rings. The molecule has 1 heterocycles. The van der Waals surface area contributed by atoms with Crippen molar-refractivity contribution in [1.29, 1.82) is 0 Å². The largest absolute Gasteiger partial charge is 0.356 e. The van der Waals surface area contributed by atoms with E-state index in [0.717, 1.165) is 31.5 Å². The lowest BCUT2D eigenvalue weighted by molar-refractivity contribution is 0.277. The molecule has 132 valence electrons. The van der Waals surface area contributed by atoms with Crippen LogP contribution in [0.15, 0.2) is 29.3 Å². The Balaban J connectivity index is 1.43. The molecule has 4 nitrogen and oxygen atoms in total. The number of nitrogens with zero attached hydrogens (tertiary/aromatic N) is 2. The first-order valence-corrected chi connectivity index (χ1v) is 9.58. The van der Waals surface area contributed by atoms with Crippen molar-refractivity contribution in [3.05, 3.63) is 35.4 Å². The lowest BCUT2D eigenvalue weighted by Gasteiger charge is -2.20. The molecule has 1 aliphatic heterocycles. The fraction of sp³-hybridized carbons (Fsp3) is 0.650. The summed E-state index contributed by atoms with van der Waals surface area (Å²) in [5.74, 6) is 1.78. The predicted octanol–water partition coefficient (Wildman–Crippen LogP) is 3.14. The molecular formula is C20H32N4. The summed E-state index contributed by atoms with van der Waals surface area (Å²) in [5, 5.41) is 6.81. The highest BCUT2D eigenvalue weighted by molar-refractivity contribution is 5.79. The normalized spacial score (nSPS) is 19.8. The first-order chi connectivity index (χ1) is 11.8. The molecule has 1 saturated carbocycles. The standard InChI is InChI=1S/C20H32N4/c1-21-20(22-14-17-6-7-17)23-15-18-8-10-19(11-9-18)16-24-12-4-2-3-5-13-24/h8-11,17H,2-7,12-16H2,1H3,(H2,21,22,23). The first-order valence-electron chi connectivity index (χ1n) is 9.58. The Hall–Kier alpha value is -1.55. The average molecular weight is 329 g/mol. The summed E-state index contributed by atoms with van der Waals surface area (Å²) in [6.45, 7) is 5.49. The molecule has 0 atom stereocenters. The fourth-order valence-corrected chi connectivity index (χ4v) is 3.28. The number of rotatable bonds is 6. The third-order valence-electron chi connectivity index (χ3n) is 5.07. The van der Waals surface area contributed by atoms with Crippen molar-refractivity contribution >= 4 is 5.96 Å². The number of aliphatic imine (C=N–C) groups is 1. The zero-order chi connectivity index (χ0) is 16.6. The molecule has 0 bridgehead atoms. The van der Waals surface area contributed by atoms with Crippen molar-refractivity contribution in [3.8, 4) is 0 Å². The number of likely N-dealkylation sites (tertiary alicyclic amines) is 1. The summed E-state index contributed by atoms with van der Waals surface area (Å²) in [7, 11) is 1.84. The zero-order valence-electron chi connectivity index (χ0n) is 15.1. The van der Waals surface area contributed by atoms with E-state index in [1.807, 2.05) is 7.05 Å². The number of nitrogens with one attached hydrogen (secondary N) is 2. The van der Waals surface area contributed by atoms with Gasteiger partial charge in [-0.15, -0.1) is 0 Å². The molecule has 0 unspecified atom stereocenters. The van der Waals surface area contributed by atoms with Crippen LogP contribution < -0.4 is 10.6 Å². The number of hydrogen-bond donors (Lipinski definition) is 2. The summed E-state index contributed by atoms with van der Waals surface area (Å²) >= 11 is 0. The molecule has 1 saturated heterocycles. The van der Waals surface area contributed by atoms with Crippen LogP contribution in [0.25, 0.3) is 0 Å². The van der Waals surface area contributed by atoms with E-state index in [0.29, 0.717) is 0 Å². The van der Waals surface area contributed by atoms with E-state index < -0.39 is 0 Å². The molecule has 2 N–H and O–H groups in total. The number of benzene rings is 1. The molecule has 1 aromatic rings. The molecule has 0 amide bonds. The molecule has 4 heteroatoms. The Kier molecular flexibility index (Phi) is 6.53. The molecule has 1 aliphatic carbocycles. The van der Waals surface area contributed by atoms with Crippen molar-refractivity contribution in [1.82, 2.24) is 15.5 Å². The average Bonchev–Trinajstić information content (AvgIpc) is 3.44. The van der Waals surface area contributed by atoms with Crippen LogP contribution in [0.1, 0.15) is 49.7 Å². The Labute approximate surface area is 146 Å². The fourth-order valence-electron chi connectivity index (χ4n) is 3.28. The molecule has 0 radical (unpaired) electrons. The topological polar surface area (TPSA) is 39.7 Å². The van der Waals surface area contributed by atoms with E-state index in [-0.39, 0.29) is 0 Å². The second-order valence-corrected chi connectivity index (χ2v) is 7.26. The van der Waals surface area contributed by atoms with Crippen LogP contribution >= 0.6 is 0 Å². The Bertz CT molecular complexity index is 511. The minimum Gasteiger partial charge on any atom is -0.356 e. The van der Waals surface area contributed by atoms with Crippen molar-refractivity contribution in [2.24, 2.45) is 10.9 Å². The summed E-state index contributed by atoms with van der Waals surface area (Å²) < 4.78 is 0. The van der Waals surface area contributed by atoms with Crippen LogP contribution in [0.2, 0.25) is 0 Å². The van der Waals surface area contributed by atoms with E-state index in [9.17, 15) is 0 Å². The van der Waals surface area contributed by atoms with Gasteiger partial charge in [0.05, 0.1) is 0 Å². The molecule has 2 aliphatic rings. The maximum absolute atomic E-state index is 4.29. The summed E-state index contributed by atoms with van der Waals surface area (Å²) in [5.41, 5.74) is 2.74. The van der Waals surface area contributed by atoms with Gasteiger partial charge in [0.1, 0.15) is 0 Å². The molecule has 3 rings (SSSR count). The van der Waals surface area contributed by atoms with E-state index in [4.69, 9.17) is 0 Å². The lowest BCUT2D eigenvalue weighted by Crippen LogP contribution is -2.37. The van der Waals surface area contributed by atoms with E-state index in [2.05, 4.69) is 44.8 Å². The molecule has 1 aromatic carbocycles. The second kappa shape index (κ2) is 9.07. The predicted molar refractivity (Wildman–Crippen MR) is 101 cm³/mol. The van der Waals surface area contributed by atoms with Crippen LogP contribution in [0.4, 0.5) is 0 Å². The van der Waals surface area contributed by atoms with Crippen LogP contribution in [0, 0.1) is 5.92 Å². The van der Waals surface area contributed by atoms with Crippen LogP contribution in [-0.2, 0) is 13.1 Å². The molecule has 24 heavy (non-hydrogen) atoms. The quantitative estimate of drug-likeness (QED) is 0.622. The first kappa shape index (κ1) is 17.3. The summed E-state index contributed by atoms with van der Waals surface area (Å²) in [6, 6.07) is 9.05. The highest BCUT2D eigenvalue weighted by atomic mass is 15.2. The van der Waals surface area contributed by atoms with Crippen LogP contribution in [0.3, 0.4) is 0 Å². The highest BCUT2D eigenvalue weighted by Crippen LogP contribution is 2.27. The van der Waals surface area contributed by atoms with Gasteiger partial charge in [0.25, 0.3) is 0 Å². The number of hydrogen-bond acceptors (Lipinski definition) is 2. The summed E-state index contributed by atoms with van der Waals surface area (Å²) in [4.78, 5) is 6.90. The van der Waals surface area contributed by atoms with Gasteiger partial charge in [-0.2, -0.15) is 0 Å². The van der Waals surface area contributed by atoms with Crippen molar-refractivity contribution in [2.75, 3.05) is 26.7 Å². The van der Waals surface area contributed by atoms with Crippen molar-refractivity contribution in [2.45, 2.75) is 51.6 Å². The Morgan fingerprint density at radius 3 is 2.29 bits per heavy atom. The second-order valence-electron chi connectivity index (χ2n) is 7.26. The van der Waals surface area contributed by atoms with Crippen LogP contribution in [0.5, 0.6) is 0 Å². The van der Waals surface area contributed by atoms with Gasteiger partial charge in [0, 0.05) is 26.7 Å². The Morgan fingerprint density at radius 2 is 1.67 bits per heavy atom. The minimum atomic E-state index is 0.828. The van der Waals surface area contributed by atoms with Gasteiger partial charge in [-0.05, 0) is 55.8 Å². The maximum Gasteiger partial charge on any atom is 0.191 e. The van der Waals surface area contributed by atoms with Gasteiger partial charge >= 0.3 is 0 Å². The Morgan fingerprint density at radius 1 is 1.00 bits per heavy atom. The highest BCUT2D eigenvalue weighted by Gasteiger charge is 2.21.